The Labute approximate surface area is 245 Å². The van der Waals surface area contributed by atoms with Crippen molar-refractivity contribution in [3.63, 3.8) is 0 Å². The zero-order chi connectivity index (χ0) is 28.5. The number of morpholine rings is 2. The van der Waals surface area contributed by atoms with Crippen LogP contribution in [0.5, 0.6) is 0 Å². The molecular formula is C30H50N6O5. The summed E-state index contributed by atoms with van der Waals surface area (Å²) in [5.41, 5.74) is -0.915. The molecule has 0 spiro atoms. The monoisotopic (exact) mass is 574 g/mol. The fourth-order valence-electron chi connectivity index (χ4n) is 7.09. The van der Waals surface area contributed by atoms with Crippen LogP contribution in [0.15, 0.2) is 0 Å². The number of amides is 2. The van der Waals surface area contributed by atoms with Crippen molar-refractivity contribution in [2.24, 2.45) is 11.3 Å². The summed E-state index contributed by atoms with van der Waals surface area (Å²) in [6.45, 7) is 13.8. The Morgan fingerprint density at radius 3 is 1.95 bits per heavy atom. The van der Waals surface area contributed by atoms with Crippen molar-refractivity contribution < 1.29 is 23.8 Å². The van der Waals surface area contributed by atoms with Gasteiger partial charge in [-0.3, -0.25) is 19.4 Å². The summed E-state index contributed by atoms with van der Waals surface area (Å²) in [5, 5.41) is 10.2. The van der Waals surface area contributed by atoms with Crippen LogP contribution in [-0.4, -0.2) is 161 Å². The summed E-state index contributed by atoms with van der Waals surface area (Å²) in [5.74, 6) is 0.837. The molecule has 5 aliphatic heterocycles. The van der Waals surface area contributed by atoms with Crippen molar-refractivity contribution in [2.75, 3.05) is 118 Å². The Balaban J connectivity index is 1.14. The molecule has 0 aromatic carbocycles. The van der Waals surface area contributed by atoms with E-state index in [0.717, 1.165) is 104 Å². The molecule has 41 heavy (non-hydrogen) atoms. The number of nitriles is 1. The minimum Gasteiger partial charge on any atom is -0.381 e. The molecule has 5 fully saturated rings. The Morgan fingerprint density at radius 2 is 1.34 bits per heavy atom. The van der Waals surface area contributed by atoms with Gasteiger partial charge in [0.1, 0.15) is 5.41 Å². The van der Waals surface area contributed by atoms with Crippen LogP contribution >= 0.6 is 0 Å². The van der Waals surface area contributed by atoms with Gasteiger partial charge in [0.05, 0.1) is 39.0 Å². The minimum absolute atomic E-state index is 0.00340. The smallest absolute Gasteiger partial charge is 0.243 e. The fourth-order valence-corrected chi connectivity index (χ4v) is 7.09. The number of ether oxygens (including phenoxy) is 3. The van der Waals surface area contributed by atoms with Crippen molar-refractivity contribution in [1.82, 2.24) is 24.5 Å². The van der Waals surface area contributed by atoms with E-state index in [1.807, 2.05) is 4.90 Å². The van der Waals surface area contributed by atoms with Crippen molar-refractivity contribution in [3.8, 4) is 6.07 Å². The molecule has 230 valence electrons. The van der Waals surface area contributed by atoms with E-state index in [1.54, 1.807) is 0 Å². The van der Waals surface area contributed by atoms with Crippen LogP contribution in [-0.2, 0) is 23.8 Å². The van der Waals surface area contributed by atoms with Gasteiger partial charge in [-0.1, -0.05) is 0 Å². The molecule has 0 atom stereocenters. The first-order valence-corrected chi connectivity index (χ1v) is 16.0. The summed E-state index contributed by atoms with van der Waals surface area (Å²) in [6, 6.07) is 2.58. The van der Waals surface area contributed by atoms with Gasteiger partial charge in [-0.05, 0) is 44.4 Å². The summed E-state index contributed by atoms with van der Waals surface area (Å²) >= 11 is 0. The zero-order valence-electron chi connectivity index (χ0n) is 24.8. The second-order valence-corrected chi connectivity index (χ2v) is 12.5. The molecule has 11 nitrogen and oxygen atoms in total. The number of carbonyl (C=O) groups excluding carboxylic acids is 2. The lowest BCUT2D eigenvalue weighted by Crippen LogP contribution is -2.56. The SMILES string of the molecule is N#CC1(C(=O)N2CCC(N(CCN3CCOCC3)C(=O)CN3CCOCC3)CC2)CCN(CC2CCOCC2)CC1. The van der Waals surface area contributed by atoms with E-state index >= 15 is 0 Å². The van der Waals surface area contributed by atoms with Crippen molar-refractivity contribution >= 4 is 11.8 Å². The fraction of sp³-hybridized carbons (Fsp3) is 0.900. The molecule has 0 aliphatic carbocycles. The third-order valence-corrected chi connectivity index (χ3v) is 9.93. The highest BCUT2D eigenvalue weighted by atomic mass is 16.5. The number of piperidine rings is 2. The topological polar surface area (TPSA) is 102 Å². The van der Waals surface area contributed by atoms with E-state index in [-0.39, 0.29) is 17.9 Å². The first-order chi connectivity index (χ1) is 20.1. The average Bonchev–Trinajstić information content (AvgIpc) is 3.03. The number of hydrogen-bond acceptors (Lipinski definition) is 9. The van der Waals surface area contributed by atoms with Gasteiger partial charge in [-0.25, -0.2) is 0 Å². The molecule has 0 radical (unpaired) electrons. The molecule has 2 amide bonds. The van der Waals surface area contributed by atoms with Gasteiger partial charge in [0, 0.05) is 91.2 Å². The van der Waals surface area contributed by atoms with Crippen LogP contribution < -0.4 is 0 Å². The maximum Gasteiger partial charge on any atom is 0.243 e. The second-order valence-electron chi connectivity index (χ2n) is 12.5. The standard InChI is InChI=1S/C30H50N6O5/c31-25-30(5-9-33(10-6-30)23-26-3-17-39-18-4-26)29(38)35-7-1-27(2-8-35)36(12-11-32-13-19-40-20-14-32)28(37)24-34-15-21-41-22-16-34/h26-27H,1-24H2. The lowest BCUT2D eigenvalue weighted by molar-refractivity contribution is -0.144. The molecule has 5 rings (SSSR count). The lowest BCUT2D eigenvalue weighted by atomic mass is 9.77. The number of hydrogen-bond donors (Lipinski definition) is 0. The summed E-state index contributed by atoms with van der Waals surface area (Å²) < 4.78 is 16.5. The van der Waals surface area contributed by atoms with Crippen LogP contribution in [0.4, 0.5) is 0 Å². The summed E-state index contributed by atoms with van der Waals surface area (Å²) in [7, 11) is 0. The van der Waals surface area contributed by atoms with E-state index in [1.165, 1.54) is 0 Å². The summed E-state index contributed by atoms with van der Waals surface area (Å²) in [4.78, 5) is 38.4. The Morgan fingerprint density at radius 1 is 0.756 bits per heavy atom. The van der Waals surface area contributed by atoms with Crippen molar-refractivity contribution in [3.05, 3.63) is 0 Å². The highest BCUT2D eigenvalue weighted by Crippen LogP contribution is 2.35. The van der Waals surface area contributed by atoms with Crippen LogP contribution in [0.2, 0.25) is 0 Å². The van der Waals surface area contributed by atoms with Crippen LogP contribution in [0.1, 0.15) is 38.5 Å². The van der Waals surface area contributed by atoms with Crippen LogP contribution in [0, 0.1) is 22.7 Å². The van der Waals surface area contributed by atoms with Gasteiger partial charge >= 0.3 is 0 Å². The van der Waals surface area contributed by atoms with Gasteiger partial charge in [0.2, 0.25) is 11.8 Å². The molecule has 0 N–H and O–H groups in total. The van der Waals surface area contributed by atoms with Gasteiger partial charge < -0.3 is 28.9 Å². The third-order valence-electron chi connectivity index (χ3n) is 9.93. The van der Waals surface area contributed by atoms with Crippen molar-refractivity contribution in [1.29, 1.82) is 5.26 Å². The van der Waals surface area contributed by atoms with E-state index < -0.39 is 5.41 Å². The van der Waals surface area contributed by atoms with E-state index in [9.17, 15) is 14.9 Å². The third kappa shape index (κ3) is 8.18. The molecule has 0 aromatic rings. The highest BCUT2D eigenvalue weighted by Gasteiger charge is 2.45. The molecule has 5 saturated heterocycles. The minimum atomic E-state index is -0.915. The average molecular weight is 575 g/mol. The molecule has 5 aliphatic rings. The van der Waals surface area contributed by atoms with Crippen LogP contribution in [0.25, 0.3) is 0 Å². The largest absolute Gasteiger partial charge is 0.381 e. The van der Waals surface area contributed by atoms with Crippen LogP contribution in [0.3, 0.4) is 0 Å². The number of nitrogens with zero attached hydrogens (tertiary/aromatic N) is 6. The predicted octanol–water partition coefficient (Wildman–Crippen LogP) is 0.503. The quantitative estimate of drug-likeness (QED) is 0.390. The molecular weight excluding hydrogens is 524 g/mol. The molecule has 5 heterocycles. The van der Waals surface area contributed by atoms with Gasteiger partial charge in [-0.15, -0.1) is 0 Å². The lowest BCUT2D eigenvalue weighted by Gasteiger charge is -2.44. The zero-order valence-corrected chi connectivity index (χ0v) is 24.8. The number of rotatable bonds is 9. The number of carbonyl (C=O) groups is 2. The molecule has 0 unspecified atom stereocenters. The highest BCUT2D eigenvalue weighted by molar-refractivity contribution is 5.86. The first kappa shape index (κ1) is 30.6. The maximum absolute atomic E-state index is 13.8. The molecule has 11 heteroatoms. The molecule has 0 aromatic heterocycles. The van der Waals surface area contributed by atoms with Crippen molar-refractivity contribution in [2.45, 2.75) is 44.6 Å². The first-order valence-electron chi connectivity index (χ1n) is 16.0. The molecule has 0 bridgehead atoms. The van der Waals surface area contributed by atoms with Gasteiger partial charge in [0.25, 0.3) is 0 Å². The Hall–Kier alpha value is -1.81. The number of likely N-dealkylation sites (tertiary alicyclic amines) is 2. The van der Waals surface area contributed by atoms with E-state index in [4.69, 9.17) is 14.2 Å². The van der Waals surface area contributed by atoms with E-state index in [0.29, 0.717) is 58.2 Å². The maximum atomic E-state index is 13.8. The Kier molecular flexibility index (Phi) is 11.3. The van der Waals surface area contributed by atoms with E-state index in [2.05, 4.69) is 25.7 Å². The normalized spacial score (nSPS) is 26.0. The Bertz CT molecular complexity index is 880. The summed E-state index contributed by atoms with van der Waals surface area (Å²) in [6.07, 6.45) is 4.95. The second kappa shape index (κ2) is 15.1. The van der Waals surface area contributed by atoms with Gasteiger partial charge in [0.15, 0.2) is 0 Å². The predicted molar refractivity (Wildman–Crippen MR) is 153 cm³/mol. The molecule has 0 saturated carbocycles. The van der Waals surface area contributed by atoms with Gasteiger partial charge in [-0.2, -0.15) is 5.26 Å².